The Hall–Kier alpha value is -2.14. The van der Waals surface area contributed by atoms with Crippen LogP contribution >= 0.6 is 0 Å². The highest BCUT2D eigenvalue weighted by molar-refractivity contribution is 7.90. The van der Waals surface area contributed by atoms with Gasteiger partial charge in [-0.1, -0.05) is 48.5 Å². The molecule has 0 bridgehead atoms. The van der Waals surface area contributed by atoms with Gasteiger partial charge in [0.25, 0.3) is 0 Å². The van der Waals surface area contributed by atoms with Crippen LogP contribution in [0.1, 0.15) is 21.5 Å². The Balaban J connectivity index is 2.10. The van der Waals surface area contributed by atoms with Crippen LogP contribution in [0.3, 0.4) is 0 Å². The minimum atomic E-state index is -3.35. The molecule has 0 saturated heterocycles. The van der Waals surface area contributed by atoms with Crippen molar-refractivity contribution >= 4 is 15.8 Å². The van der Waals surface area contributed by atoms with E-state index in [4.69, 9.17) is 5.11 Å². The molecule has 5 heteroatoms. The maximum atomic E-state index is 12.2. The van der Waals surface area contributed by atoms with Crippen LogP contribution in [-0.4, -0.2) is 25.2 Å². The van der Waals surface area contributed by atoms with Gasteiger partial charge in [-0.3, -0.25) is 0 Å². The van der Waals surface area contributed by atoms with Gasteiger partial charge in [-0.15, -0.1) is 0 Å². The van der Waals surface area contributed by atoms with E-state index in [0.717, 1.165) is 5.56 Å². The lowest BCUT2D eigenvalue weighted by atomic mass is 10.1. The molecule has 2 rings (SSSR count). The third-order valence-electron chi connectivity index (χ3n) is 3.17. The van der Waals surface area contributed by atoms with Crippen molar-refractivity contribution in [3.63, 3.8) is 0 Å². The molecule has 21 heavy (non-hydrogen) atoms. The fraction of sp³-hybridized carbons (Fsp3) is 0.188. The molecular weight excluding hydrogens is 288 g/mol. The fourth-order valence-electron chi connectivity index (χ4n) is 2.08. The summed E-state index contributed by atoms with van der Waals surface area (Å²) in [6, 6.07) is 15.6. The number of hydrogen-bond acceptors (Lipinski definition) is 3. The minimum Gasteiger partial charge on any atom is -0.478 e. The summed E-state index contributed by atoms with van der Waals surface area (Å²) in [5.74, 6) is -1.35. The van der Waals surface area contributed by atoms with Gasteiger partial charge in [-0.05, 0) is 23.6 Å². The maximum absolute atomic E-state index is 12.2. The predicted molar refractivity (Wildman–Crippen MR) is 81.0 cm³/mol. The Kier molecular flexibility index (Phi) is 4.75. The van der Waals surface area contributed by atoms with Crippen molar-refractivity contribution in [2.24, 2.45) is 0 Å². The number of rotatable bonds is 6. The molecule has 0 amide bonds. The Morgan fingerprint density at radius 1 is 0.952 bits per heavy atom. The van der Waals surface area contributed by atoms with Gasteiger partial charge in [0.15, 0.2) is 9.84 Å². The zero-order valence-corrected chi connectivity index (χ0v) is 12.2. The molecule has 2 aromatic rings. The van der Waals surface area contributed by atoms with Gasteiger partial charge in [0.2, 0.25) is 0 Å². The number of benzene rings is 2. The van der Waals surface area contributed by atoms with Gasteiger partial charge in [0.1, 0.15) is 0 Å². The van der Waals surface area contributed by atoms with Gasteiger partial charge >= 0.3 is 5.97 Å². The lowest BCUT2D eigenvalue weighted by Crippen LogP contribution is -2.14. The van der Waals surface area contributed by atoms with Gasteiger partial charge in [0, 0.05) is 0 Å². The summed E-state index contributed by atoms with van der Waals surface area (Å²) in [5.41, 5.74) is 1.33. The molecule has 0 unspecified atom stereocenters. The van der Waals surface area contributed by atoms with E-state index in [0.29, 0.717) is 12.0 Å². The molecule has 0 heterocycles. The van der Waals surface area contributed by atoms with Crippen LogP contribution in [0, 0.1) is 0 Å². The highest BCUT2D eigenvalue weighted by atomic mass is 32.2. The minimum absolute atomic E-state index is 0.00493. The second kappa shape index (κ2) is 6.54. The average molecular weight is 304 g/mol. The lowest BCUT2D eigenvalue weighted by Gasteiger charge is -2.07. The van der Waals surface area contributed by atoms with Crippen LogP contribution < -0.4 is 0 Å². The number of aromatic carboxylic acids is 1. The third kappa shape index (κ3) is 4.43. The van der Waals surface area contributed by atoms with Crippen molar-refractivity contribution in [2.75, 3.05) is 5.75 Å². The molecule has 0 aliphatic heterocycles. The number of hydrogen-bond donors (Lipinski definition) is 1. The van der Waals surface area contributed by atoms with Gasteiger partial charge in [-0.2, -0.15) is 0 Å². The molecule has 4 nitrogen and oxygen atoms in total. The molecular formula is C16H16O4S. The first-order chi connectivity index (χ1) is 9.98. The number of aryl methyl sites for hydroxylation is 1. The van der Waals surface area contributed by atoms with Crippen LogP contribution in [0.2, 0.25) is 0 Å². The van der Waals surface area contributed by atoms with E-state index >= 15 is 0 Å². The van der Waals surface area contributed by atoms with Crippen molar-refractivity contribution in [1.82, 2.24) is 0 Å². The Morgan fingerprint density at radius 3 is 2.24 bits per heavy atom. The summed E-state index contributed by atoms with van der Waals surface area (Å²) < 4.78 is 24.3. The Labute approximate surface area is 124 Å². The summed E-state index contributed by atoms with van der Waals surface area (Å²) in [6.45, 7) is 0. The smallest absolute Gasteiger partial charge is 0.335 e. The van der Waals surface area contributed by atoms with Crippen LogP contribution in [0.15, 0.2) is 54.6 Å². The summed E-state index contributed by atoms with van der Waals surface area (Å²) >= 11 is 0. The number of sulfone groups is 1. The number of carboxylic acid groups (broad SMARTS) is 1. The quantitative estimate of drug-likeness (QED) is 0.890. The first-order valence-electron chi connectivity index (χ1n) is 6.53. The monoisotopic (exact) mass is 304 g/mol. The third-order valence-corrected chi connectivity index (χ3v) is 4.74. The highest BCUT2D eigenvalue weighted by Gasteiger charge is 2.17. The van der Waals surface area contributed by atoms with Crippen LogP contribution in [0.4, 0.5) is 0 Å². The lowest BCUT2D eigenvalue weighted by molar-refractivity contribution is 0.0696. The largest absolute Gasteiger partial charge is 0.478 e. The molecule has 0 spiro atoms. The number of carboxylic acids is 1. The van der Waals surface area contributed by atoms with Crippen LogP contribution in [0.5, 0.6) is 0 Å². The Bertz CT molecular complexity index is 721. The van der Waals surface area contributed by atoms with E-state index in [2.05, 4.69) is 0 Å². The second-order valence-electron chi connectivity index (χ2n) is 4.79. The molecule has 110 valence electrons. The van der Waals surface area contributed by atoms with E-state index in [-0.39, 0.29) is 17.1 Å². The van der Waals surface area contributed by atoms with Crippen LogP contribution in [0.25, 0.3) is 0 Å². The van der Waals surface area contributed by atoms with Crippen molar-refractivity contribution in [1.29, 1.82) is 0 Å². The molecule has 0 aliphatic carbocycles. The molecule has 0 fully saturated rings. The SMILES string of the molecule is O=C(O)c1ccccc1CS(=O)(=O)CCc1ccccc1. The normalized spacial score (nSPS) is 11.2. The highest BCUT2D eigenvalue weighted by Crippen LogP contribution is 2.14. The average Bonchev–Trinajstić information content (AvgIpc) is 2.46. The zero-order chi connectivity index (χ0) is 15.3. The topological polar surface area (TPSA) is 71.4 Å². The summed E-state index contributed by atoms with van der Waals surface area (Å²) in [7, 11) is -3.35. The first-order valence-corrected chi connectivity index (χ1v) is 8.35. The van der Waals surface area contributed by atoms with Gasteiger partial charge < -0.3 is 5.11 Å². The van der Waals surface area contributed by atoms with Crippen molar-refractivity contribution in [2.45, 2.75) is 12.2 Å². The zero-order valence-electron chi connectivity index (χ0n) is 11.4. The molecule has 0 aromatic heterocycles. The van der Waals surface area contributed by atoms with Crippen molar-refractivity contribution in [3.8, 4) is 0 Å². The maximum Gasteiger partial charge on any atom is 0.335 e. The van der Waals surface area contributed by atoms with E-state index < -0.39 is 15.8 Å². The van der Waals surface area contributed by atoms with Crippen molar-refractivity contribution < 1.29 is 18.3 Å². The van der Waals surface area contributed by atoms with E-state index in [1.807, 2.05) is 30.3 Å². The predicted octanol–water partition coefficient (Wildman–Crippen LogP) is 2.54. The molecule has 0 atom stereocenters. The number of carbonyl (C=O) groups is 1. The summed E-state index contributed by atoms with van der Waals surface area (Å²) in [6.07, 6.45) is 0.429. The molecule has 2 aromatic carbocycles. The fourth-order valence-corrected chi connectivity index (χ4v) is 3.50. The van der Waals surface area contributed by atoms with Crippen LogP contribution in [-0.2, 0) is 22.0 Å². The van der Waals surface area contributed by atoms with E-state index in [1.54, 1.807) is 18.2 Å². The molecule has 1 N–H and O–H groups in total. The standard InChI is InChI=1S/C16H16O4S/c17-16(18)15-9-5-4-8-14(15)12-21(19,20)11-10-13-6-2-1-3-7-13/h1-9H,10-12H2,(H,17,18). The molecule has 0 saturated carbocycles. The van der Waals surface area contributed by atoms with Gasteiger partial charge in [-0.25, -0.2) is 13.2 Å². The van der Waals surface area contributed by atoms with Crippen molar-refractivity contribution in [3.05, 3.63) is 71.3 Å². The summed E-state index contributed by atoms with van der Waals surface area (Å²) in [5, 5.41) is 9.08. The Morgan fingerprint density at radius 2 is 1.57 bits per heavy atom. The van der Waals surface area contributed by atoms with E-state index in [9.17, 15) is 13.2 Å². The van der Waals surface area contributed by atoms with Gasteiger partial charge in [0.05, 0.1) is 17.1 Å². The molecule has 0 aliphatic rings. The second-order valence-corrected chi connectivity index (χ2v) is 6.97. The summed E-state index contributed by atoms with van der Waals surface area (Å²) in [4.78, 5) is 11.1. The first kappa shape index (κ1) is 15.3. The van der Waals surface area contributed by atoms with E-state index in [1.165, 1.54) is 6.07 Å². The molecule has 0 radical (unpaired) electrons.